The lowest BCUT2D eigenvalue weighted by Crippen LogP contribution is -2.31. The molecule has 1 fully saturated rings. The van der Waals surface area contributed by atoms with Gasteiger partial charge in [0.1, 0.15) is 25.1 Å². The lowest BCUT2D eigenvalue weighted by atomic mass is 10.1. The SMILES string of the molecule is O=C(Nc1ncnc2c1ncn2[C@H]1O[C@@H](COC(=O)c2ccccc2)[C@H](F)[C@@H]1O)c1ccccc1. The predicted molar refractivity (Wildman–Crippen MR) is 121 cm³/mol. The third kappa shape index (κ3) is 4.46. The van der Waals surface area contributed by atoms with Gasteiger partial charge in [-0.3, -0.25) is 9.36 Å². The second kappa shape index (κ2) is 9.57. The Balaban J connectivity index is 1.32. The highest BCUT2D eigenvalue weighted by atomic mass is 19.1. The first-order chi connectivity index (χ1) is 17.0. The molecule has 1 aliphatic rings. The molecule has 0 radical (unpaired) electrons. The third-order valence-electron chi connectivity index (χ3n) is 5.58. The number of carbonyl (C=O) groups excluding carboxylic acids is 2. The maximum atomic E-state index is 14.8. The van der Waals surface area contributed by atoms with E-state index in [4.69, 9.17) is 9.47 Å². The number of aliphatic hydroxyl groups excluding tert-OH is 1. The maximum absolute atomic E-state index is 14.8. The van der Waals surface area contributed by atoms with E-state index >= 15 is 0 Å². The molecule has 0 aliphatic carbocycles. The Labute approximate surface area is 198 Å². The van der Waals surface area contributed by atoms with E-state index in [1.807, 2.05) is 0 Å². The standard InChI is InChI=1S/C24H20FN5O5/c25-17-16(11-34-24(33)15-9-5-2-6-10-15)35-23(19(17)31)30-13-28-18-20(26-12-27-21(18)30)29-22(32)14-7-3-1-4-8-14/h1-10,12-13,16-17,19,23,31H,11H2,(H,26,27,29,32)/t16-,17-,19-,23-/m0/s1. The molecule has 0 unspecified atom stereocenters. The smallest absolute Gasteiger partial charge is 0.338 e. The molecule has 35 heavy (non-hydrogen) atoms. The fourth-order valence-electron chi connectivity index (χ4n) is 3.79. The van der Waals surface area contributed by atoms with Crippen LogP contribution < -0.4 is 5.32 Å². The first kappa shape index (κ1) is 22.6. The molecule has 2 N–H and O–H groups in total. The van der Waals surface area contributed by atoms with Crippen molar-refractivity contribution >= 4 is 28.9 Å². The van der Waals surface area contributed by atoms with E-state index < -0.39 is 30.6 Å². The van der Waals surface area contributed by atoms with Crippen LogP contribution in [0.5, 0.6) is 0 Å². The zero-order valence-corrected chi connectivity index (χ0v) is 18.2. The fourth-order valence-corrected chi connectivity index (χ4v) is 3.79. The van der Waals surface area contributed by atoms with Crippen molar-refractivity contribution in [3.05, 3.63) is 84.4 Å². The van der Waals surface area contributed by atoms with Gasteiger partial charge in [0.15, 0.2) is 29.4 Å². The number of aromatic nitrogens is 4. The number of imidazole rings is 1. The number of aliphatic hydroxyl groups is 1. The summed E-state index contributed by atoms with van der Waals surface area (Å²) >= 11 is 0. The summed E-state index contributed by atoms with van der Waals surface area (Å²) in [7, 11) is 0. The lowest BCUT2D eigenvalue weighted by Gasteiger charge is -2.16. The van der Waals surface area contributed by atoms with E-state index in [1.54, 1.807) is 60.7 Å². The highest BCUT2D eigenvalue weighted by Gasteiger charge is 2.46. The number of alkyl halides is 1. The summed E-state index contributed by atoms with van der Waals surface area (Å²) in [6.45, 7) is -0.386. The first-order valence-corrected chi connectivity index (χ1v) is 10.8. The second-order valence-corrected chi connectivity index (χ2v) is 7.83. The molecule has 5 rings (SSSR count). The minimum absolute atomic E-state index is 0.153. The summed E-state index contributed by atoms with van der Waals surface area (Å²) in [5, 5.41) is 13.2. The van der Waals surface area contributed by atoms with Crippen molar-refractivity contribution in [2.75, 3.05) is 11.9 Å². The topological polar surface area (TPSA) is 128 Å². The van der Waals surface area contributed by atoms with E-state index in [2.05, 4.69) is 20.3 Å². The summed E-state index contributed by atoms with van der Waals surface area (Å²) in [6.07, 6.45) is -3.22. The number of nitrogens with one attached hydrogen (secondary N) is 1. The van der Waals surface area contributed by atoms with Crippen LogP contribution >= 0.6 is 0 Å². The molecule has 0 spiro atoms. The van der Waals surface area contributed by atoms with Gasteiger partial charge in [0.2, 0.25) is 0 Å². The van der Waals surface area contributed by atoms with Crippen LogP contribution in [0.3, 0.4) is 0 Å². The number of rotatable bonds is 6. The van der Waals surface area contributed by atoms with Gasteiger partial charge in [-0.1, -0.05) is 36.4 Å². The Kier molecular flexibility index (Phi) is 6.17. The first-order valence-electron chi connectivity index (χ1n) is 10.8. The van der Waals surface area contributed by atoms with Gasteiger partial charge in [0, 0.05) is 5.56 Å². The van der Waals surface area contributed by atoms with E-state index in [0.717, 1.165) is 0 Å². The zero-order valence-electron chi connectivity index (χ0n) is 18.2. The number of nitrogens with zero attached hydrogens (tertiary/aromatic N) is 4. The molecule has 1 aliphatic heterocycles. The van der Waals surface area contributed by atoms with E-state index in [0.29, 0.717) is 11.1 Å². The van der Waals surface area contributed by atoms with Crippen molar-refractivity contribution in [3.63, 3.8) is 0 Å². The van der Waals surface area contributed by atoms with Crippen LogP contribution in [0.2, 0.25) is 0 Å². The average Bonchev–Trinajstić information content (AvgIpc) is 3.45. The number of esters is 1. The zero-order chi connectivity index (χ0) is 24.4. The number of fused-ring (bicyclic) bond motifs is 1. The number of hydrogen-bond donors (Lipinski definition) is 2. The van der Waals surface area contributed by atoms with Crippen LogP contribution in [-0.4, -0.2) is 61.5 Å². The van der Waals surface area contributed by atoms with Crippen molar-refractivity contribution in [1.29, 1.82) is 0 Å². The molecule has 0 bridgehead atoms. The van der Waals surface area contributed by atoms with E-state index in [9.17, 15) is 19.1 Å². The number of amides is 1. The van der Waals surface area contributed by atoms with Crippen LogP contribution in [0.1, 0.15) is 26.9 Å². The number of halogens is 1. The average molecular weight is 477 g/mol. The van der Waals surface area contributed by atoms with Crippen molar-refractivity contribution in [1.82, 2.24) is 19.5 Å². The molecule has 2 aromatic heterocycles. The predicted octanol–water partition coefficient (Wildman–Crippen LogP) is 2.53. The monoisotopic (exact) mass is 477 g/mol. The summed E-state index contributed by atoms with van der Waals surface area (Å²) in [4.78, 5) is 37.2. The largest absolute Gasteiger partial charge is 0.459 e. The fraction of sp³-hybridized carbons (Fsp3) is 0.208. The minimum Gasteiger partial charge on any atom is -0.459 e. The van der Waals surface area contributed by atoms with Crippen molar-refractivity contribution in [2.24, 2.45) is 0 Å². The molecule has 10 nitrogen and oxygen atoms in total. The van der Waals surface area contributed by atoms with Crippen LogP contribution in [0.4, 0.5) is 10.2 Å². The van der Waals surface area contributed by atoms with Gasteiger partial charge in [0.25, 0.3) is 5.91 Å². The Morgan fingerprint density at radius 1 is 1.03 bits per heavy atom. The molecule has 2 aromatic carbocycles. The second-order valence-electron chi connectivity index (χ2n) is 7.83. The molecule has 4 atom stereocenters. The molecular formula is C24H20FN5O5. The summed E-state index contributed by atoms with van der Waals surface area (Å²) in [6, 6.07) is 16.9. The summed E-state index contributed by atoms with van der Waals surface area (Å²) in [5.74, 6) is -0.861. The van der Waals surface area contributed by atoms with Crippen LogP contribution in [0, 0.1) is 0 Å². The highest BCUT2D eigenvalue weighted by Crippen LogP contribution is 2.34. The molecule has 4 aromatic rings. The number of hydrogen-bond acceptors (Lipinski definition) is 8. The van der Waals surface area contributed by atoms with Gasteiger partial charge in [-0.05, 0) is 24.3 Å². The normalized spacial score (nSPS) is 21.7. The molecule has 178 valence electrons. The van der Waals surface area contributed by atoms with Crippen molar-refractivity contribution in [3.8, 4) is 0 Å². The molecule has 0 saturated carbocycles. The minimum atomic E-state index is -1.82. The van der Waals surface area contributed by atoms with Crippen LogP contribution in [-0.2, 0) is 9.47 Å². The van der Waals surface area contributed by atoms with Gasteiger partial charge in [0.05, 0.1) is 11.9 Å². The summed E-state index contributed by atoms with van der Waals surface area (Å²) < 4.78 is 27.0. The molecule has 11 heteroatoms. The molecule has 1 saturated heterocycles. The Hall–Kier alpha value is -4.22. The van der Waals surface area contributed by atoms with Crippen molar-refractivity contribution < 1.29 is 28.6 Å². The quantitative estimate of drug-likeness (QED) is 0.406. The molecular weight excluding hydrogens is 457 g/mol. The summed E-state index contributed by atoms with van der Waals surface area (Å²) in [5.41, 5.74) is 1.21. The van der Waals surface area contributed by atoms with Gasteiger partial charge in [-0.2, -0.15) is 0 Å². The van der Waals surface area contributed by atoms with Crippen LogP contribution in [0.15, 0.2) is 73.3 Å². The number of carbonyl (C=O) groups is 2. The number of ether oxygens (including phenoxy) is 2. The highest BCUT2D eigenvalue weighted by molar-refractivity contribution is 6.06. The Morgan fingerprint density at radius 2 is 1.71 bits per heavy atom. The van der Waals surface area contributed by atoms with Crippen molar-refractivity contribution in [2.45, 2.75) is 24.6 Å². The molecule has 1 amide bonds. The van der Waals surface area contributed by atoms with Gasteiger partial charge < -0.3 is 19.9 Å². The maximum Gasteiger partial charge on any atom is 0.338 e. The number of benzene rings is 2. The molecule has 3 heterocycles. The van der Waals surface area contributed by atoms with Gasteiger partial charge in [-0.15, -0.1) is 0 Å². The van der Waals surface area contributed by atoms with Gasteiger partial charge >= 0.3 is 5.97 Å². The lowest BCUT2D eigenvalue weighted by molar-refractivity contribution is -0.0544. The Bertz CT molecular complexity index is 1350. The third-order valence-corrected chi connectivity index (χ3v) is 5.58. The number of anilines is 1. The van der Waals surface area contributed by atoms with E-state index in [-0.39, 0.29) is 29.5 Å². The van der Waals surface area contributed by atoms with Gasteiger partial charge in [-0.25, -0.2) is 24.1 Å². The van der Waals surface area contributed by atoms with E-state index in [1.165, 1.54) is 17.2 Å². The van der Waals surface area contributed by atoms with Crippen LogP contribution in [0.25, 0.3) is 11.2 Å². The Morgan fingerprint density at radius 3 is 2.43 bits per heavy atom.